The van der Waals surface area contributed by atoms with Gasteiger partial charge in [0, 0.05) is 5.69 Å². The Labute approximate surface area is 110 Å². The summed E-state index contributed by atoms with van der Waals surface area (Å²) in [5.74, 6) is 0.604. The Morgan fingerprint density at radius 3 is 2.00 bits per heavy atom. The molecular weight excluding hydrogens is 218 g/mol. The fourth-order valence-electron chi connectivity index (χ4n) is 2.16. The zero-order chi connectivity index (χ0) is 12.8. The molecule has 0 heterocycles. The minimum absolute atomic E-state index is 0.374. The third-order valence-corrected chi connectivity index (χ3v) is 3.47. The molecule has 0 saturated carbocycles. The SMILES string of the molecule is CC[C@@H](C)[C@H](Nc1ccccc1)c1ccccc1. The van der Waals surface area contributed by atoms with Crippen LogP contribution in [0.15, 0.2) is 60.7 Å². The molecule has 2 rings (SSSR count). The van der Waals surface area contributed by atoms with Crippen molar-refractivity contribution in [1.82, 2.24) is 0 Å². The molecule has 0 aliphatic rings. The van der Waals surface area contributed by atoms with E-state index < -0.39 is 0 Å². The molecule has 2 aromatic rings. The molecule has 0 bridgehead atoms. The number of rotatable bonds is 5. The average Bonchev–Trinajstić information content (AvgIpc) is 2.46. The number of para-hydroxylation sites is 1. The molecule has 0 aliphatic heterocycles. The van der Waals surface area contributed by atoms with Crippen LogP contribution < -0.4 is 5.32 Å². The summed E-state index contributed by atoms with van der Waals surface area (Å²) in [6.45, 7) is 4.54. The van der Waals surface area contributed by atoms with Crippen molar-refractivity contribution < 1.29 is 0 Å². The summed E-state index contributed by atoms with van der Waals surface area (Å²) in [5.41, 5.74) is 2.54. The third kappa shape index (κ3) is 3.13. The van der Waals surface area contributed by atoms with Crippen LogP contribution in [0.5, 0.6) is 0 Å². The summed E-state index contributed by atoms with van der Waals surface area (Å²) in [6.07, 6.45) is 1.17. The molecule has 0 amide bonds. The maximum absolute atomic E-state index is 3.65. The van der Waals surface area contributed by atoms with Crippen molar-refractivity contribution in [2.75, 3.05) is 5.32 Å². The first kappa shape index (κ1) is 12.7. The summed E-state index contributed by atoms with van der Waals surface area (Å²) in [4.78, 5) is 0. The Morgan fingerprint density at radius 1 is 0.889 bits per heavy atom. The molecule has 0 unspecified atom stereocenters. The molecular formula is C17H21N. The van der Waals surface area contributed by atoms with Gasteiger partial charge in [-0.05, 0) is 23.6 Å². The second kappa shape index (κ2) is 6.25. The van der Waals surface area contributed by atoms with Crippen LogP contribution >= 0.6 is 0 Å². The zero-order valence-corrected chi connectivity index (χ0v) is 11.1. The quantitative estimate of drug-likeness (QED) is 0.783. The highest BCUT2D eigenvalue weighted by Gasteiger charge is 2.17. The first-order chi connectivity index (χ1) is 8.81. The normalized spacial score (nSPS) is 13.9. The van der Waals surface area contributed by atoms with E-state index in [1.54, 1.807) is 0 Å². The minimum atomic E-state index is 0.374. The molecule has 1 heteroatoms. The predicted molar refractivity (Wildman–Crippen MR) is 78.7 cm³/mol. The van der Waals surface area contributed by atoms with Gasteiger partial charge in [0.05, 0.1) is 6.04 Å². The van der Waals surface area contributed by atoms with Crippen molar-refractivity contribution in [3.05, 3.63) is 66.2 Å². The molecule has 0 spiro atoms. The van der Waals surface area contributed by atoms with Crippen molar-refractivity contribution >= 4 is 5.69 Å². The van der Waals surface area contributed by atoms with E-state index in [2.05, 4.69) is 73.8 Å². The van der Waals surface area contributed by atoms with Gasteiger partial charge in [-0.1, -0.05) is 68.8 Å². The molecule has 0 aromatic heterocycles. The number of anilines is 1. The van der Waals surface area contributed by atoms with Gasteiger partial charge in [0.25, 0.3) is 0 Å². The van der Waals surface area contributed by atoms with Crippen LogP contribution in [0.25, 0.3) is 0 Å². The summed E-state index contributed by atoms with van der Waals surface area (Å²) in [7, 11) is 0. The van der Waals surface area contributed by atoms with Crippen molar-refractivity contribution in [2.45, 2.75) is 26.3 Å². The van der Waals surface area contributed by atoms with E-state index in [-0.39, 0.29) is 0 Å². The van der Waals surface area contributed by atoms with E-state index in [9.17, 15) is 0 Å². The van der Waals surface area contributed by atoms with Crippen LogP contribution in [0.2, 0.25) is 0 Å². The highest BCUT2D eigenvalue weighted by molar-refractivity contribution is 5.45. The molecule has 0 saturated heterocycles. The van der Waals surface area contributed by atoms with Gasteiger partial charge in [0.1, 0.15) is 0 Å². The Balaban J connectivity index is 2.21. The van der Waals surface area contributed by atoms with E-state index in [1.165, 1.54) is 17.7 Å². The van der Waals surface area contributed by atoms with Crippen LogP contribution in [0.1, 0.15) is 31.9 Å². The molecule has 1 N–H and O–H groups in total. The summed E-state index contributed by atoms with van der Waals surface area (Å²) in [6, 6.07) is 21.5. The lowest BCUT2D eigenvalue weighted by atomic mass is 9.92. The first-order valence-electron chi connectivity index (χ1n) is 6.67. The zero-order valence-electron chi connectivity index (χ0n) is 11.1. The Bertz CT molecular complexity index is 450. The molecule has 0 fully saturated rings. The lowest BCUT2D eigenvalue weighted by Gasteiger charge is -2.26. The largest absolute Gasteiger partial charge is 0.378 e. The van der Waals surface area contributed by atoms with Crippen molar-refractivity contribution in [3.8, 4) is 0 Å². The van der Waals surface area contributed by atoms with Gasteiger partial charge in [-0.15, -0.1) is 0 Å². The number of hydrogen-bond donors (Lipinski definition) is 1. The number of hydrogen-bond acceptors (Lipinski definition) is 1. The first-order valence-corrected chi connectivity index (χ1v) is 6.67. The second-order valence-electron chi connectivity index (χ2n) is 4.78. The summed E-state index contributed by atoms with van der Waals surface area (Å²) >= 11 is 0. The molecule has 2 atom stereocenters. The fourth-order valence-corrected chi connectivity index (χ4v) is 2.16. The van der Waals surface area contributed by atoms with Gasteiger partial charge in [0.2, 0.25) is 0 Å². The van der Waals surface area contributed by atoms with Crippen LogP contribution in [0.3, 0.4) is 0 Å². The summed E-state index contributed by atoms with van der Waals surface area (Å²) in [5, 5.41) is 3.65. The number of benzene rings is 2. The van der Waals surface area contributed by atoms with E-state index >= 15 is 0 Å². The lowest BCUT2D eigenvalue weighted by molar-refractivity contribution is 0.482. The Morgan fingerprint density at radius 2 is 1.44 bits per heavy atom. The maximum Gasteiger partial charge on any atom is 0.0539 e. The van der Waals surface area contributed by atoms with E-state index in [0.29, 0.717) is 12.0 Å². The highest BCUT2D eigenvalue weighted by Crippen LogP contribution is 2.28. The lowest BCUT2D eigenvalue weighted by Crippen LogP contribution is -2.18. The average molecular weight is 239 g/mol. The van der Waals surface area contributed by atoms with E-state index in [0.717, 1.165) is 0 Å². The molecule has 2 aromatic carbocycles. The van der Waals surface area contributed by atoms with E-state index in [1.807, 2.05) is 6.07 Å². The van der Waals surface area contributed by atoms with Crippen LogP contribution in [-0.2, 0) is 0 Å². The van der Waals surface area contributed by atoms with Gasteiger partial charge >= 0.3 is 0 Å². The van der Waals surface area contributed by atoms with Crippen molar-refractivity contribution in [3.63, 3.8) is 0 Å². The van der Waals surface area contributed by atoms with Gasteiger partial charge in [0.15, 0.2) is 0 Å². The van der Waals surface area contributed by atoms with Crippen molar-refractivity contribution in [2.24, 2.45) is 5.92 Å². The van der Waals surface area contributed by atoms with Gasteiger partial charge in [-0.25, -0.2) is 0 Å². The molecule has 18 heavy (non-hydrogen) atoms. The molecule has 0 aliphatic carbocycles. The van der Waals surface area contributed by atoms with Crippen LogP contribution in [-0.4, -0.2) is 0 Å². The van der Waals surface area contributed by atoms with Crippen molar-refractivity contribution in [1.29, 1.82) is 0 Å². The Kier molecular flexibility index (Phi) is 4.40. The standard InChI is InChI=1S/C17H21N/c1-3-14(2)17(15-10-6-4-7-11-15)18-16-12-8-5-9-13-16/h4-14,17-18H,3H2,1-2H3/t14-,17+/m1/s1. The highest BCUT2D eigenvalue weighted by atomic mass is 14.9. The molecule has 94 valence electrons. The topological polar surface area (TPSA) is 12.0 Å². The van der Waals surface area contributed by atoms with Gasteiger partial charge in [-0.3, -0.25) is 0 Å². The second-order valence-corrected chi connectivity index (χ2v) is 4.78. The third-order valence-electron chi connectivity index (χ3n) is 3.47. The maximum atomic E-state index is 3.65. The minimum Gasteiger partial charge on any atom is -0.378 e. The van der Waals surface area contributed by atoms with Gasteiger partial charge < -0.3 is 5.32 Å². The summed E-state index contributed by atoms with van der Waals surface area (Å²) < 4.78 is 0. The van der Waals surface area contributed by atoms with E-state index in [4.69, 9.17) is 0 Å². The monoisotopic (exact) mass is 239 g/mol. The van der Waals surface area contributed by atoms with Crippen LogP contribution in [0, 0.1) is 5.92 Å². The fraction of sp³-hybridized carbons (Fsp3) is 0.294. The molecule has 1 nitrogen and oxygen atoms in total. The Hall–Kier alpha value is -1.76. The predicted octanol–water partition coefficient (Wildman–Crippen LogP) is 4.89. The van der Waals surface area contributed by atoms with Gasteiger partial charge in [-0.2, -0.15) is 0 Å². The molecule has 0 radical (unpaired) electrons. The number of nitrogens with one attached hydrogen (secondary N) is 1. The van der Waals surface area contributed by atoms with Crippen LogP contribution in [0.4, 0.5) is 5.69 Å². The smallest absolute Gasteiger partial charge is 0.0539 e.